The first-order chi connectivity index (χ1) is 18.6. The molecule has 2 aromatic carbocycles. The Bertz CT molecular complexity index is 1270. The molecule has 0 spiro atoms. The van der Waals surface area contributed by atoms with E-state index in [1.165, 1.54) is 24.3 Å². The Balaban J connectivity index is 1.82. The number of carbonyl (C=O) groups is 4. The number of esters is 3. The van der Waals surface area contributed by atoms with Gasteiger partial charge in [-0.1, -0.05) is 13.2 Å². The van der Waals surface area contributed by atoms with Crippen molar-refractivity contribution in [1.82, 2.24) is 0 Å². The molecule has 1 amide bonds. The van der Waals surface area contributed by atoms with Crippen LogP contribution < -0.4 is 10.1 Å². The zero-order chi connectivity index (χ0) is 28.8. The molecule has 2 aromatic rings. The van der Waals surface area contributed by atoms with Crippen molar-refractivity contribution in [3.05, 3.63) is 108 Å². The van der Waals surface area contributed by atoms with Gasteiger partial charge < -0.3 is 24.3 Å². The normalized spacial score (nSPS) is 11.2. The van der Waals surface area contributed by atoms with E-state index in [0.717, 1.165) is 6.08 Å². The highest BCUT2D eigenvalue weighted by Gasteiger charge is 2.11. The smallest absolute Gasteiger partial charge is 0.343 e. The molecule has 0 atom stereocenters. The van der Waals surface area contributed by atoms with E-state index in [1.807, 2.05) is 0 Å². The van der Waals surface area contributed by atoms with Crippen LogP contribution in [0.15, 0.2) is 97.0 Å². The number of hydrogen-bond donors (Lipinski definition) is 1. The van der Waals surface area contributed by atoms with E-state index in [2.05, 4.69) is 18.5 Å². The van der Waals surface area contributed by atoms with Gasteiger partial charge in [0.15, 0.2) is 0 Å². The highest BCUT2D eigenvalue weighted by molar-refractivity contribution is 6.03. The number of allylic oxidation sites excluding steroid dienone is 4. The van der Waals surface area contributed by atoms with Gasteiger partial charge >= 0.3 is 17.9 Å². The maximum absolute atomic E-state index is 12.4. The summed E-state index contributed by atoms with van der Waals surface area (Å²) in [5.41, 5.74) is 1.52. The van der Waals surface area contributed by atoms with Gasteiger partial charge in [-0.2, -0.15) is 0 Å². The van der Waals surface area contributed by atoms with Crippen LogP contribution in [0.1, 0.15) is 47.9 Å². The Hall–Kier alpha value is -4.92. The minimum atomic E-state index is -0.579. The van der Waals surface area contributed by atoms with Crippen molar-refractivity contribution in [2.75, 3.05) is 18.5 Å². The highest BCUT2D eigenvalue weighted by atomic mass is 16.5. The Morgan fingerprint density at radius 1 is 0.795 bits per heavy atom. The van der Waals surface area contributed by atoms with Crippen molar-refractivity contribution < 1.29 is 38.1 Å². The largest absolute Gasteiger partial charge is 0.493 e. The topological polar surface area (TPSA) is 117 Å². The highest BCUT2D eigenvalue weighted by Crippen LogP contribution is 2.16. The SMILES string of the molecule is C=CC(=O)OCCCOc1ccc(C(=O)O/C(C)=C/C=C(\C)OC(=O)c2ccc(NC(=O)C(=C)C)cc2)cc1. The lowest BCUT2D eigenvalue weighted by Crippen LogP contribution is -2.12. The van der Waals surface area contributed by atoms with Crippen LogP contribution in [0.25, 0.3) is 0 Å². The molecule has 0 saturated heterocycles. The molecule has 0 aliphatic rings. The first-order valence-electron chi connectivity index (χ1n) is 12.0. The van der Waals surface area contributed by atoms with Crippen molar-refractivity contribution in [2.45, 2.75) is 27.2 Å². The van der Waals surface area contributed by atoms with E-state index >= 15 is 0 Å². The van der Waals surface area contributed by atoms with E-state index < -0.39 is 17.9 Å². The average molecular weight is 534 g/mol. The zero-order valence-corrected chi connectivity index (χ0v) is 22.2. The number of hydrogen-bond acceptors (Lipinski definition) is 8. The van der Waals surface area contributed by atoms with E-state index in [0.29, 0.717) is 46.9 Å². The van der Waals surface area contributed by atoms with Gasteiger partial charge in [0.25, 0.3) is 5.91 Å². The van der Waals surface area contributed by atoms with E-state index in [4.69, 9.17) is 18.9 Å². The summed E-state index contributed by atoms with van der Waals surface area (Å²) in [6.07, 6.45) is 4.62. The van der Waals surface area contributed by atoms with Gasteiger partial charge in [-0.05, 0) is 81.5 Å². The summed E-state index contributed by atoms with van der Waals surface area (Å²) in [6, 6.07) is 12.6. The molecule has 0 aliphatic carbocycles. The Labute approximate surface area is 227 Å². The molecule has 0 heterocycles. The van der Waals surface area contributed by atoms with E-state index in [1.54, 1.807) is 57.2 Å². The molecule has 0 radical (unpaired) electrons. The van der Waals surface area contributed by atoms with Crippen LogP contribution in [0.5, 0.6) is 5.75 Å². The summed E-state index contributed by atoms with van der Waals surface area (Å²) in [5.74, 6) is -0.796. The van der Waals surface area contributed by atoms with Crippen LogP contribution in [0.4, 0.5) is 5.69 Å². The van der Waals surface area contributed by atoms with Gasteiger partial charge in [0.05, 0.1) is 24.3 Å². The van der Waals surface area contributed by atoms with Crippen molar-refractivity contribution in [2.24, 2.45) is 0 Å². The molecule has 0 saturated carbocycles. The first-order valence-corrected chi connectivity index (χ1v) is 12.0. The lowest BCUT2D eigenvalue weighted by molar-refractivity contribution is -0.137. The van der Waals surface area contributed by atoms with Crippen molar-refractivity contribution >= 4 is 29.5 Å². The second-order valence-electron chi connectivity index (χ2n) is 8.24. The number of amides is 1. The third-order valence-electron chi connectivity index (χ3n) is 4.88. The summed E-state index contributed by atoms with van der Waals surface area (Å²) in [5, 5.41) is 2.65. The Kier molecular flexibility index (Phi) is 11.9. The lowest BCUT2D eigenvalue weighted by Gasteiger charge is -2.08. The van der Waals surface area contributed by atoms with Crippen LogP contribution >= 0.6 is 0 Å². The van der Waals surface area contributed by atoms with Gasteiger partial charge in [0.2, 0.25) is 0 Å². The summed E-state index contributed by atoms with van der Waals surface area (Å²) >= 11 is 0. The summed E-state index contributed by atoms with van der Waals surface area (Å²) in [4.78, 5) is 47.4. The maximum Gasteiger partial charge on any atom is 0.343 e. The molecule has 9 nitrogen and oxygen atoms in total. The monoisotopic (exact) mass is 533 g/mol. The predicted octanol–water partition coefficient (Wildman–Crippen LogP) is 5.52. The van der Waals surface area contributed by atoms with Crippen LogP contribution in [0, 0.1) is 0 Å². The van der Waals surface area contributed by atoms with Gasteiger partial charge in [0.1, 0.15) is 17.3 Å². The maximum atomic E-state index is 12.4. The average Bonchev–Trinajstić information content (AvgIpc) is 2.92. The molecule has 0 aromatic heterocycles. The van der Waals surface area contributed by atoms with Crippen molar-refractivity contribution in [3.8, 4) is 5.75 Å². The van der Waals surface area contributed by atoms with Crippen molar-refractivity contribution in [1.29, 1.82) is 0 Å². The molecule has 39 heavy (non-hydrogen) atoms. The third kappa shape index (κ3) is 10.9. The predicted molar refractivity (Wildman–Crippen MR) is 146 cm³/mol. The van der Waals surface area contributed by atoms with Crippen LogP contribution in [-0.4, -0.2) is 37.0 Å². The summed E-state index contributed by atoms with van der Waals surface area (Å²) in [6.45, 7) is 12.2. The zero-order valence-electron chi connectivity index (χ0n) is 22.2. The number of anilines is 1. The fourth-order valence-electron chi connectivity index (χ4n) is 2.81. The fraction of sp³-hybridized carbons (Fsp3) is 0.200. The number of ether oxygens (including phenoxy) is 4. The molecule has 204 valence electrons. The van der Waals surface area contributed by atoms with Crippen LogP contribution in [-0.2, 0) is 23.8 Å². The number of rotatable bonds is 13. The Morgan fingerprint density at radius 3 is 1.79 bits per heavy atom. The number of carbonyl (C=O) groups excluding carboxylic acids is 4. The lowest BCUT2D eigenvalue weighted by atomic mass is 10.2. The van der Waals surface area contributed by atoms with E-state index in [9.17, 15) is 19.2 Å². The molecular formula is C30H31NO8. The molecule has 0 aliphatic heterocycles. The third-order valence-corrected chi connectivity index (χ3v) is 4.88. The first kappa shape index (κ1) is 30.3. The molecular weight excluding hydrogens is 502 g/mol. The summed E-state index contributed by atoms with van der Waals surface area (Å²) in [7, 11) is 0. The fourth-order valence-corrected chi connectivity index (χ4v) is 2.81. The quantitative estimate of drug-likeness (QED) is 0.0893. The molecule has 9 heteroatoms. The Morgan fingerprint density at radius 2 is 1.31 bits per heavy atom. The van der Waals surface area contributed by atoms with Crippen LogP contribution in [0.2, 0.25) is 0 Å². The van der Waals surface area contributed by atoms with Gasteiger partial charge in [-0.25, -0.2) is 14.4 Å². The standard InChI is InChI=1S/C30H31NO8/c1-6-27(32)37-19-7-18-36-26-16-12-24(13-17-26)30(35)39-22(5)9-8-21(4)38-29(34)23-10-14-25(15-11-23)31-28(33)20(2)3/h6,8-17H,1-2,7,18-19H2,3-5H3,(H,31,33)/b21-8+,22-9+. The van der Waals surface area contributed by atoms with Crippen LogP contribution in [0.3, 0.4) is 0 Å². The van der Waals surface area contributed by atoms with Crippen molar-refractivity contribution in [3.63, 3.8) is 0 Å². The van der Waals surface area contributed by atoms with Gasteiger partial charge in [0, 0.05) is 23.8 Å². The number of nitrogens with one attached hydrogen (secondary N) is 1. The minimum Gasteiger partial charge on any atom is -0.493 e. The number of benzene rings is 2. The van der Waals surface area contributed by atoms with Gasteiger partial charge in [-0.15, -0.1) is 0 Å². The molecule has 1 N–H and O–H groups in total. The van der Waals surface area contributed by atoms with Gasteiger partial charge in [-0.3, -0.25) is 4.79 Å². The van der Waals surface area contributed by atoms with E-state index in [-0.39, 0.29) is 18.3 Å². The molecule has 0 bridgehead atoms. The molecule has 0 unspecified atom stereocenters. The molecule has 0 fully saturated rings. The second-order valence-corrected chi connectivity index (χ2v) is 8.24. The molecule has 2 rings (SSSR count). The summed E-state index contributed by atoms with van der Waals surface area (Å²) < 4.78 is 21.0. The minimum absolute atomic E-state index is 0.220. The second kappa shape index (κ2) is 15.4.